The number of carbonyl (C=O) groups is 1. The van der Waals surface area contributed by atoms with Crippen LogP contribution in [0.3, 0.4) is 0 Å². The first kappa shape index (κ1) is 21.2. The Bertz CT molecular complexity index is 831. The van der Waals surface area contributed by atoms with E-state index in [4.69, 9.17) is 4.74 Å². The molecule has 0 bridgehead atoms. The zero-order valence-corrected chi connectivity index (χ0v) is 16.7. The number of hydrogen-bond acceptors (Lipinski definition) is 3. The molecule has 3 N–H and O–H groups in total. The average molecular weight is 386 g/mol. The third kappa shape index (κ3) is 6.90. The first-order valence-electron chi connectivity index (χ1n) is 9.04. The van der Waals surface area contributed by atoms with Gasteiger partial charge in [-0.05, 0) is 39.0 Å². The van der Waals surface area contributed by atoms with E-state index in [9.17, 15) is 9.18 Å². The maximum absolute atomic E-state index is 13.9. The molecule has 150 valence electrons. The second kappa shape index (κ2) is 9.73. The quantitative estimate of drug-likeness (QED) is 0.527. The summed E-state index contributed by atoms with van der Waals surface area (Å²) in [5.74, 6) is 0.633. The summed E-state index contributed by atoms with van der Waals surface area (Å²) in [5, 5.41) is 8.97. The Morgan fingerprint density at radius 2 is 1.68 bits per heavy atom. The minimum atomic E-state index is -0.424. The van der Waals surface area contributed by atoms with Crippen molar-refractivity contribution < 1.29 is 13.9 Å². The number of guanidine groups is 1. The van der Waals surface area contributed by atoms with Crippen LogP contribution in [0.25, 0.3) is 0 Å². The second-order valence-electron chi connectivity index (χ2n) is 7.22. The number of amides is 1. The van der Waals surface area contributed by atoms with Gasteiger partial charge in [-0.1, -0.05) is 30.3 Å². The van der Waals surface area contributed by atoms with Gasteiger partial charge >= 0.3 is 0 Å². The third-order valence-corrected chi connectivity index (χ3v) is 3.63. The van der Waals surface area contributed by atoms with Crippen molar-refractivity contribution in [2.24, 2.45) is 4.99 Å². The molecule has 2 rings (SSSR count). The van der Waals surface area contributed by atoms with Gasteiger partial charge in [-0.25, -0.2) is 4.39 Å². The maximum atomic E-state index is 13.9. The molecule has 0 aromatic heterocycles. The van der Waals surface area contributed by atoms with Crippen LogP contribution >= 0.6 is 0 Å². The number of benzene rings is 2. The molecule has 0 aliphatic rings. The predicted molar refractivity (Wildman–Crippen MR) is 109 cm³/mol. The van der Waals surface area contributed by atoms with Crippen molar-refractivity contribution >= 4 is 11.9 Å². The molecule has 0 atom stereocenters. The Labute approximate surface area is 165 Å². The predicted octanol–water partition coefficient (Wildman–Crippen LogP) is 3.20. The van der Waals surface area contributed by atoms with E-state index in [1.54, 1.807) is 31.3 Å². The largest absolute Gasteiger partial charge is 0.454 e. The topological polar surface area (TPSA) is 74.8 Å². The lowest BCUT2D eigenvalue weighted by molar-refractivity contribution is -0.121. The Balaban J connectivity index is 1.96. The number of aliphatic imine (C=N–C) groups is 1. The highest BCUT2D eigenvalue weighted by molar-refractivity contribution is 5.86. The fourth-order valence-corrected chi connectivity index (χ4v) is 2.42. The molecule has 0 saturated carbocycles. The fraction of sp³-hybridized carbons (Fsp3) is 0.333. The van der Waals surface area contributed by atoms with E-state index < -0.39 is 5.82 Å². The summed E-state index contributed by atoms with van der Waals surface area (Å²) in [6.07, 6.45) is 0. The standard InChI is InChI=1S/C21H27FN4O2/c1-21(2,3)26-19(27)14-25-20(23-4)24-13-15-9-5-7-11-17(15)28-18-12-8-6-10-16(18)22/h5-12H,13-14H2,1-4H3,(H,26,27)(H2,23,24,25). The summed E-state index contributed by atoms with van der Waals surface area (Å²) in [6, 6.07) is 13.6. The molecule has 0 saturated heterocycles. The van der Waals surface area contributed by atoms with Gasteiger partial charge in [-0.3, -0.25) is 9.79 Å². The van der Waals surface area contributed by atoms with Crippen molar-refractivity contribution in [3.63, 3.8) is 0 Å². The SMILES string of the molecule is CN=C(NCC(=O)NC(C)(C)C)NCc1ccccc1Oc1ccccc1F. The van der Waals surface area contributed by atoms with Gasteiger partial charge in [0.25, 0.3) is 0 Å². The zero-order chi connectivity index (χ0) is 20.6. The van der Waals surface area contributed by atoms with E-state index in [2.05, 4.69) is 20.9 Å². The van der Waals surface area contributed by atoms with Crippen LogP contribution in [0.15, 0.2) is 53.5 Å². The number of ether oxygens (including phenoxy) is 1. The molecule has 0 unspecified atom stereocenters. The minimum absolute atomic E-state index is 0.102. The van der Waals surface area contributed by atoms with Gasteiger partial charge in [0.05, 0.1) is 6.54 Å². The number of carbonyl (C=O) groups excluding carboxylic acids is 1. The van der Waals surface area contributed by atoms with Gasteiger partial charge in [0.2, 0.25) is 5.91 Å². The molecule has 6 nitrogen and oxygen atoms in total. The number of rotatable bonds is 6. The van der Waals surface area contributed by atoms with Crippen molar-refractivity contribution in [3.05, 3.63) is 59.9 Å². The van der Waals surface area contributed by atoms with Gasteiger partial charge in [-0.15, -0.1) is 0 Å². The van der Waals surface area contributed by atoms with Gasteiger partial charge in [-0.2, -0.15) is 0 Å². The summed E-state index contributed by atoms with van der Waals surface area (Å²) in [4.78, 5) is 16.0. The second-order valence-corrected chi connectivity index (χ2v) is 7.22. The van der Waals surface area contributed by atoms with Crippen molar-refractivity contribution in [2.75, 3.05) is 13.6 Å². The Hall–Kier alpha value is -3.09. The van der Waals surface area contributed by atoms with Crippen LogP contribution in [-0.2, 0) is 11.3 Å². The fourth-order valence-electron chi connectivity index (χ4n) is 2.42. The molecule has 0 aliphatic carbocycles. The van der Waals surface area contributed by atoms with Gasteiger partial charge in [0.1, 0.15) is 5.75 Å². The minimum Gasteiger partial charge on any atom is -0.454 e. The molecule has 7 heteroatoms. The molecule has 2 aromatic carbocycles. The van der Waals surface area contributed by atoms with E-state index in [0.29, 0.717) is 18.3 Å². The molecule has 2 aromatic rings. The number of nitrogens with one attached hydrogen (secondary N) is 3. The lowest BCUT2D eigenvalue weighted by Crippen LogP contribution is -2.48. The van der Waals surface area contributed by atoms with Gasteiger partial charge in [0.15, 0.2) is 17.5 Å². The Morgan fingerprint density at radius 3 is 2.32 bits per heavy atom. The number of halogens is 1. The highest BCUT2D eigenvalue weighted by Crippen LogP contribution is 2.27. The van der Waals surface area contributed by atoms with Crippen LogP contribution in [-0.4, -0.2) is 31.0 Å². The lowest BCUT2D eigenvalue weighted by Gasteiger charge is -2.21. The van der Waals surface area contributed by atoms with Crippen LogP contribution in [0.1, 0.15) is 26.3 Å². The van der Waals surface area contributed by atoms with Crippen LogP contribution in [0.2, 0.25) is 0 Å². The van der Waals surface area contributed by atoms with Crippen LogP contribution in [0.5, 0.6) is 11.5 Å². The van der Waals surface area contributed by atoms with E-state index in [0.717, 1.165) is 5.56 Å². The Morgan fingerprint density at radius 1 is 1.04 bits per heavy atom. The summed E-state index contributed by atoms with van der Waals surface area (Å²) in [6.45, 7) is 6.26. The van der Waals surface area contributed by atoms with Crippen molar-refractivity contribution in [1.29, 1.82) is 0 Å². The first-order valence-corrected chi connectivity index (χ1v) is 9.04. The molecule has 0 spiro atoms. The molecule has 28 heavy (non-hydrogen) atoms. The molecule has 0 heterocycles. The summed E-state index contributed by atoms with van der Waals surface area (Å²) in [7, 11) is 1.62. The van der Waals surface area contributed by atoms with E-state index in [1.807, 2.05) is 39.0 Å². The summed E-state index contributed by atoms with van der Waals surface area (Å²) >= 11 is 0. The summed E-state index contributed by atoms with van der Waals surface area (Å²) in [5.41, 5.74) is 0.534. The van der Waals surface area contributed by atoms with Crippen molar-refractivity contribution in [2.45, 2.75) is 32.9 Å². The number of nitrogens with zero attached hydrogens (tertiary/aromatic N) is 1. The Kier molecular flexibility index (Phi) is 7.37. The smallest absolute Gasteiger partial charge is 0.239 e. The van der Waals surface area contributed by atoms with Crippen molar-refractivity contribution in [3.8, 4) is 11.5 Å². The highest BCUT2D eigenvalue weighted by atomic mass is 19.1. The molecular formula is C21H27FN4O2. The molecular weight excluding hydrogens is 359 g/mol. The van der Waals surface area contributed by atoms with Gasteiger partial charge < -0.3 is 20.7 Å². The summed E-state index contributed by atoms with van der Waals surface area (Å²) < 4.78 is 19.6. The molecule has 0 fully saturated rings. The molecule has 0 radical (unpaired) electrons. The van der Waals surface area contributed by atoms with Crippen LogP contribution in [0, 0.1) is 5.82 Å². The lowest BCUT2D eigenvalue weighted by atomic mass is 10.1. The third-order valence-electron chi connectivity index (χ3n) is 3.63. The first-order chi connectivity index (χ1) is 13.3. The molecule has 1 amide bonds. The molecule has 0 aliphatic heterocycles. The van der Waals surface area contributed by atoms with Gasteiger partial charge in [0, 0.05) is 24.7 Å². The number of hydrogen-bond donors (Lipinski definition) is 3. The van der Waals surface area contributed by atoms with E-state index in [-0.39, 0.29) is 23.7 Å². The van der Waals surface area contributed by atoms with Crippen molar-refractivity contribution in [1.82, 2.24) is 16.0 Å². The average Bonchev–Trinajstić information content (AvgIpc) is 2.63. The maximum Gasteiger partial charge on any atom is 0.239 e. The van der Waals surface area contributed by atoms with Crippen LogP contribution < -0.4 is 20.7 Å². The van der Waals surface area contributed by atoms with Crippen LogP contribution in [0.4, 0.5) is 4.39 Å². The van der Waals surface area contributed by atoms with E-state index in [1.165, 1.54) is 6.07 Å². The normalized spacial score (nSPS) is 11.7. The van der Waals surface area contributed by atoms with E-state index >= 15 is 0 Å². The number of para-hydroxylation sites is 2. The highest BCUT2D eigenvalue weighted by Gasteiger charge is 2.14. The zero-order valence-electron chi connectivity index (χ0n) is 16.7. The monoisotopic (exact) mass is 386 g/mol.